The molecule has 4 nitrogen and oxygen atoms in total. The van der Waals surface area contributed by atoms with E-state index in [9.17, 15) is 8.42 Å². The SMILES string of the molecule is C=CCS(=O)(=O)NCC1CCN(Cc2ccc(C)c(C)c2)C1. The Balaban J connectivity index is 1.82. The van der Waals surface area contributed by atoms with Crippen LogP contribution in [0.5, 0.6) is 0 Å². The molecular formula is C17H26N2O2S. The Morgan fingerprint density at radius 2 is 2.14 bits per heavy atom. The number of likely N-dealkylation sites (tertiary alicyclic amines) is 1. The van der Waals surface area contributed by atoms with Crippen LogP contribution in [0, 0.1) is 19.8 Å². The summed E-state index contributed by atoms with van der Waals surface area (Å²) >= 11 is 0. The van der Waals surface area contributed by atoms with E-state index in [0.717, 1.165) is 26.1 Å². The topological polar surface area (TPSA) is 49.4 Å². The van der Waals surface area contributed by atoms with Crippen LogP contribution in [0.15, 0.2) is 30.9 Å². The van der Waals surface area contributed by atoms with Gasteiger partial charge in [-0.25, -0.2) is 13.1 Å². The molecule has 22 heavy (non-hydrogen) atoms. The van der Waals surface area contributed by atoms with E-state index in [1.807, 2.05) is 0 Å². The fourth-order valence-electron chi connectivity index (χ4n) is 2.84. The Morgan fingerprint density at radius 3 is 2.82 bits per heavy atom. The van der Waals surface area contributed by atoms with Crippen molar-refractivity contribution in [2.45, 2.75) is 26.8 Å². The van der Waals surface area contributed by atoms with Crippen molar-refractivity contribution in [1.29, 1.82) is 0 Å². The smallest absolute Gasteiger partial charge is 0.215 e. The Bertz CT molecular complexity index is 626. The summed E-state index contributed by atoms with van der Waals surface area (Å²) < 4.78 is 25.9. The van der Waals surface area contributed by atoms with Gasteiger partial charge in [0.2, 0.25) is 10.0 Å². The van der Waals surface area contributed by atoms with Gasteiger partial charge in [0.1, 0.15) is 0 Å². The third kappa shape index (κ3) is 4.93. The molecule has 1 unspecified atom stereocenters. The summed E-state index contributed by atoms with van der Waals surface area (Å²) in [5.74, 6) is 0.387. The first kappa shape index (κ1) is 17.2. The Labute approximate surface area is 134 Å². The predicted molar refractivity (Wildman–Crippen MR) is 91.3 cm³/mol. The van der Waals surface area contributed by atoms with Crippen LogP contribution in [0.4, 0.5) is 0 Å². The molecule has 1 aliphatic rings. The zero-order chi connectivity index (χ0) is 16.2. The lowest BCUT2D eigenvalue weighted by molar-refractivity contribution is 0.316. The van der Waals surface area contributed by atoms with Crippen LogP contribution in [-0.4, -0.2) is 38.7 Å². The summed E-state index contributed by atoms with van der Waals surface area (Å²) in [6.45, 7) is 11.2. The number of benzene rings is 1. The Kier molecular flexibility index (Phi) is 5.78. The average Bonchev–Trinajstić information content (AvgIpc) is 2.89. The molecule has 1 aromatic rings. The van der Waals surface area contributed by atoms with Gasteiger partial charge < -0.3 is 0 Å². The van der Waals surface area contributed by atoms with Crippen molar-refractivity contribution in [1.82, 2.24) is 9.62 Å². The van der Waals surface area contributed by atoms with Gasteiger partial charge in [0.15, 0.2) is 0 Å². The second-order valence-electron chi connectivity index (χ2n) is 6.23. The highest BCUT2D eigenvalue weighted by Crippen LogP contribution is 2.19. The number of nitrogens with one attached hydrogen (secondary N) is 1. The normalized spacial score (nSPS) is 19.5. The van der Waals surface area contributed by atoms with Crippen LogP contribution in [0.3, 0.4) is 0 Å². The monoisotopic (exact) mass is 322 g/mol. The van der Waals surface area contributed by atoms with Crippen LogP contribution in [-0.2, 0) is 16.6 Å². The van der Waals surface area contributed by atoms with Crippen LogP contribution in [0.25, 0.3) is 0 Å². The van der Waals surface area contributed by atoms with Gasteiger partial charge in [0, 0.05) is 19.6 Å². The van der Waals surface area contributed by atoms with Crippen LogP contribution < -0.4 is 4.72 Å². The molecule has 122 valence electrons. The highest BCUT2D eigenvalue weighted by Gasteiger charge is 2.23. The molecule has 1 aromatic carbocycles. The van der Waals surface area contributed by atoms with E-state index in [4.69, 9.17) is 0 Å². The fraction of sp³-hybridized carbons (Fsp3) is 0.529. The standard InChI is InChI=1S/C17H26N2O2S/c1-4-9-22(20,21)18-11-17-7-8-19(13-17)12-16-6-5-14(2)15(3)10-16/h4-6,10,17-18H,1,7-9,11-13H2,2-3H3. The van der Waals surface area contributed by atoms with E-state index >= 15 is 0 Å². The number of aryl methyl sites for hydroxylation is 2. The van der Waals surface area contributed by atoms with E-state index in [-0.39, 0.29) is 5.75 Å². The fourth-order valence-corrected chi connectivity index (χ4v) is 3.76. The van der Waals surface area contributed by atoms with Gasteiger partial charge in [-0.2, -0.15) is 0 Å². The van der Waals surface area contributed by atoms with Crippen molar-refractivity contribution in [2.75, 3.05) is 25.4 Å². The first-order chi connectivity index (χ1) is 10.4. The van der Waals surface area contributed by atoms with Crippen molar-refractivity contribution >= 4 is 10.0 Å². The number of nitrogens with zero attached hydrogens (tertiary/aromatic N) is 1. The molecule has 0 spiro atoms. The van der Waals surface area contributed by atoms with Crippen LogP contribution in [0.1, 0.15) is 23.1 Å². The lowest BCUT2D eigenvalue weighted by atomic mass is 10.1. The lowest BCUT2D eigenvalue weighted by Crippen LogP contribution is -2.32. The molecule has 1 atom stereocenters. The number of hydrogen-bond acceptors (Lipinski definition) is 3. The summed E-state index contributed by atoms with van der Waals surface area (Å²) in [6, 6.07) is 6.60. The maximum Gasteiger partial charge on any atom is 0.215 e. The maximum absolute atomic E-state index is 11.6. The van der Waals surface area contributed by atoms with Gasteiger partial charge in [0.05, 0.1) is 5.75 Å². The van der Waals surface area contributed by atoms with Gasteiger partial charge in [0.25, 0.3) is 0 Å². The molecule has 0 saturated carbocycles. The third-order valence-electron chi connectivity index (χ3n) is 4.28. The summed E-state index contributed by atoms with van der Waals surface area (Å²) in [5, 5.41) is 0. The Hall–Kier alpha value is -1.17. The van der Waals surface area contributed by atoms with Gasteiger partial charge in [-0.15, -0.1) is 6.58 Å². The second kappa shape index (κ2) is 7.40. The molecule has 0 radical (unpaired) electrons. The van der Waals surface area contributed by atoms with Crippen molar-refractivity contribution in [3.8, 4) is 0 Å². The summed E-state index contributed by atoms with van der Waals surface area (Å²) in [7, 11) is -3.19. The summed E-state index contributed by atoms with van der Waals surface area (Å²) in [6.07, 6.45) is 2.46. The Morgan fingerprint density at radius 1 is 1.36 bits per heavy atom. The molecule has 0 bridgehead atoms. The van der Waals surface area contributed by atoms with Gasteiger partial charge in [-0.05, 0) is 49.4 Å². The minimum atomic E-state index is -3.19. The number of hydrogen-bond donors (Lipinski definition) is 1. The second-order valence-corrected chi connectivity index (χ2v) is 8.08. The molecule has 1 saturated heterocycles. The third-order valence-corrected chi connectivity index (χ3v) is 5.56. The molecule has 1 N–H and O–H groups in total. The van der Waals surface area contributed by atoms with Crippen LogP contribution in [0.2, 0.25) is 0 Å². The minimum Gasteiger partial charge on any atom is -0.299 e. The van der Waals surface area contributed by atoms with Crippen molar-refractivity contribution in [3.63, 3.8) is 0 Å². The zero-order valence-corrected chi connectivity index (χ0v) is 14.3. The molecule has 1 aliphatic heterocycles. The highest BCUT2D eigenvalue weighted by atomic mass is 32.2. The van der Waals surface area contributed by atoms with Crippen LogP contribution >= 0.6 is 0 Å². The molecule has 1 fully saturated rings. The molecule has 0 aromatic heterocycles. The molecule has 0 amide bonds. The maximum atomic E-state index is 11.6. The van der Waals surface area contributed by atoms with Gasteiger partial charge in [-0.1, -0.05) is 24.3 Å². The minimum absolute atomic E-state index is 0.00786. The molecule has 0 aliphatic carbocycles. The largest absolute Gasteiger partial charge is 0.299 e. The molecule has 1 heterocycles. The van der Waals surface area contributed by atoms with Gasteiger partial charge >= 0.3 is 0 Å². The number of sulfonamides is 1. The van der Waals surface area contributed by atoms with E-state index in [1.165, 1.54) is 22.8 Å². The van der Waals surface area contributed by atoms with E-state index in [2.05, 4.69) is 48.2 Å². The van der Waals surface area contributed by atoms with E-state index in [0.29, 0.717) is 12.5 Å². The summed E-state index contributed by atoms with van der Waals surface area (Å²) in [4.78, 5) is 2.40. The highest BCUT2D eigenvalue weighted by molar-refractivity contribution is 7.89. The first-order valence-corrected chi connectivity index (χ1v) is 9.41. The van der Waals surface area contributed by atoms with Crippen molar-refractivity contribution < 1.29 is 8.42 Å². The van der Waals surface area contributed by atoms with Crippen molar-refractivity contribution in [3.05, 3.63) is 47.5 Å². The molecule has 5 heteroatoms. The van der Waals surface area contributed by atoms with E-state index in [1.54, 1.807) is 0 Å². The quantitative estimate of drug-likeness (QED) is 0.783. The summed E-state index contributed by atoms with van der Waals surface area (Å²) in [5.41, 5.74) is 3.97. The van der Waals surface area contributed by atoms with Gasteiger partial charge in [-0.3, -0.25) is 4.90 Å². The molecule has 2 rings (SSSR count). The molecular weight excluding hydrogens is 296 g/mol. The van der Waals surface area contributed by atoms with Crippen molar-refractivity contribution in [2.24, 2.45) is 5.92 Å². The predicted octanol–water partition coefficient (Wildman–Crippen LogP) is 2.23. The zero-order valence-electron chi connectivity index (χ0n) is 13.5. The van der Waals surface area contributed by atoms with E-state index < -0.39 is 10.0 Å². The average molecular weight is 322 g/mol. The lowest BCUT2D eigenvalue weighted by Gasteiger charge is -2.17. The number of rotatable bonds is 7. The first-order valence-electron chi connectivity index (χ1n) is 7.76.